The van der Waals surface area contributed by atoms with Gasteiger partial charge in [-0.1, -0.05) is 0 Å². The van der Waals surface area contributed by atoms with E-state index >= 15 is 0 Å². The summed E-state index contributed by atoms with van der Waals surface area (Å²) in [5.41, 5.74) is 0. The predicted octanol–water partition coefficient (Wildman–Crippen LogP) is -0.227. The molecule has 0 radical (unpaired) electrons. The van der Waals surface area contributed by atoms with Gasteiger partial charge in [0, 0.05) is 33.7 Å². The second-order valence-electron chi connectivity index (χ2n) is 4.49. The first-order chi connectivity index (χ1) is 12.5. The number of rotatable bonds is 18. The van der Waals surface area contributed by atoms with Gasteiger partial charge in [-0.2, -0.15) is 0 Å². The van der Waals surface area contributed by atoms with Gasteiger partial charge in [0.05, 0.1) is 77.6 Å². The molecule has 0 aromatic heterocycles. The molecule has 0 bridgehead atoms. The van der Waals surface area contributed by atoms with Gasteiger partial charge in [-0.15, -0.1) is 0 Å². The Morgan fingerprint density at radius 1 is 0.556 bits per heavy atom. The Morgan fingerprint density at radius 2 is 0.815 bits per heavy atom. The molecule has 27 heavy (non-hydrogen) atoms. The third-order valence-corrected chi connectivity index (χ3v) is 3.44. The SMILES string of the molecule is COCCOCCOCCS(=O)O.COCCOCCOCCS(=O)O.[Zn]. The molecule has 0 saturated carbocycles. The summed E-state index contributed by atoms with van der Waals surface area (Å²) in [6, 6.07) is 0. The van der Waals surface area contributed by atoms with E-state index in [2.05, 4.69) is 0 Å². The van der Waals surface area contributed by atoms with Crippen molar-refractivity contribution >= 4 is 22.2 Å². The van der Waals surface area contributed by atoms with Crippen molar-refractivity contribution in [3.05, 3.63) is 0 Å². The number of hydrogen-bond donors (Lipinski definition) is 2. The molecule has 0 aliphatic heterocycles. The van der Waals surface area contributed by atoms with Crippen LogP contribution in [-0.2, 0) is 70.1 Å². The first kappa shape index (κ1) is 32.3. The van der Waals surface area contributed by atoms with Gasteiger partial charge in [0.25, 0.3) is 0 Å². The van der Waals surface area contributed by atoms with Crippen LogP contribution in [0.15, 0.2) is 0 Å². The minimum Gasteiger partial charge on any atom is -0.382 e. The zero-order valence-electron chi connectivity index (χ0n) is 16.2. The van der Waals surface area contributed by atoms with Crippen LogP contribution in [0.2, 0.25) is 0 Å². The van der Waals surface area contributed by atoms with Crippen molar-refractivity contribution in [3.8, 4) is 0 Å². The Labute approximate surface area is 179 Å². The molecular weight excluding hydrogens is 458 g/mol. The Hall–Kier alpha value is 0.603. The maximum Gasteiger partial charge on any atom is 0.155 e. The molecule has 0 aliphatic carbocycles. The molecule has 2 unspecified atom stereocenters. The first-order valence-electron chi connectivity index (χ1n) is 7.98. The van der Waals surface area contributed by atoms with E-state index in [1.807, 2.05) is 0 Å². The molecule has 0 amide bonds. The minimum absolute atomic E-state index is 0. The summed E-state index contributed by atoms with van der Waals surface area (Å²) >= 11 is -3.52. The monoisotopic (exact) mass is 488 g/mol. The zero-order chi connectivity index (χ0) is 19.9. The summed E-state index contributed by atoms with van der Waals surface area (Å²) in [5.74, 6) is 0.302. The molecule has 2 atom stereocenters. The Balaban J connectivity index is -0.000000411. The molecule has 0 heterocycles. The van der Waals surface area contributed by atoms with Crippen LogP contribution in [0.25, 0.3) is 0 Å². The molecule has 0 saturated heterocycles. The predicted molar refractivity (Wildman–Crippen MR) is 98.3 cm³/mol. The van der Waals surface area contributed by atoms with Crippen LogP contribution in [0.3, 0.4) is 0 Å². The second-order valence-corrected chi connectivity index (χ2v) is 6.59. The molecule has 2 N–H and O–H groups in total. The molecule has 0 aromatic carbocycles. The van der Waals surface area contributed by atoms with E-state index in [4.69, 9.17) is 37.5 Å². The van der Waals surface area contributed by atoms with Gasteiger partial charge in [0.1, 0.15) is 0 Å². The van der Waals surface area contributed by atoms with Crippen molar-refractivity contribution in [2.45, 2.75) is 0 Å². The summed E-state index contributed by atoms with van der Waals surface area (Å²) in [4.78, 5) is 0. The topological polar surface area (TPSA) is 130 Å². The second kappa shape index (κ2) is 28.8. The Bertz CT molecular complexity index is 296. The van der Waals surface area contributed by atoms with Gasteiger partial charge < -0.3 is 37.5 Å². The first-order valence-corrected chi connectivity index (χ1v) is 10.5. The zero-order valence-corrected chi connectivity index (χ0v) is 20.8. The van der Waals surface area contributed by atoms with Crippen molar-refractivity contribution in [1.82, 2.24) is 0 Å². The van der Waals surface area contributed by atoms with Gasteiger partial charge in [0.15, 0.2) is 22.2 Å². The molecule has 0 aromatic rings. The molecular formula is C14H32O10S2Zn. The van der Waals surface area contributed by atoms with Crippen LogP contribution in [0, 0.1) is 0 Å². The fraction of sp³-hybridized carbons (Fsp3) is 1.00. The number of hydrogen-bond acceptors (Lipinski definition) is 8. The van der Waals surface area contributed by atoms with Crippen LogP contribution >= 0.6 is 0 Å². The average Bonchev–Trinajstić information content (AvgIpc) is 2.60. The van der Waals surface area contributed by atoms with E-state index in [1.165, 1.54) is 0 Å². The van der Waals surface area contributed by atoms with Gasteiger partial charge in [-0.05, 0) is 0 Å². The van der Waals surface area contributed by atoms with Crippen LogP contribution in [-0.4, -0.2) is 109 Å². The molecule has 162 valence electrons. The fourth-order valence-corrected chi connectivity index (χ4v) is 1.71. The summed E-state index contributed by atoms with van der Waals surface area (Å²) in [6.45, 7) is 4.68. The summed E-state index contributed by atoms with van der Waals surface area (Å²) in [6.07, 6.45) is 0. The maximum atomic E-state index is 10.2. The van der Waals surface area contributed by atoms with Gasteiger partial charge in [-0.3, -0.25) is 0 Å². The quantitative estimate of drug-likeness (QED) is 0.151. The van der Waals surface area contributed by atoms with Crippen molar-refractivity contribution < 1.29 is 65.4 Å². The third-order valence-electron chi connectivity index (χ3n) is 2.41. The van der Waals surface area contributed by atoms with E-state index < -0.39 is 22.2 Å². The Kier molecular flexibility index (Phi) is 34.4. The summed E-state index contributed by atoms with van der Waals surface area (Å²) < 4.78 is 66.8. The van der Waals surface area contributed by atoms with Crippen molar-refractivity contribution in [2.75, 3.05) is 91.8 Å². The molecule has 0 aliphatic rings. The molecule has 0 rings (SSSR count). The normalized spacial score (nSPS) is 12.6. The van der Waals surface area contributed by atoms with E-state index in [1.54, 1.807) is 14.2 Å². The van der Waals surface area contributed by atoms with Crippen LogP contribution in [0.5, 0.6) is 0 Å². The van der Waals surface area contributed by atoms with E-state index in [0.717, 1.165) is 0 Å². The van der Waals surface area contributed by atoms with Crippen molar-refractivity contribution in [1.29, 1.82) is 0 Å². The Morgan fingerprint density at radius 3 is 1.07 bits per heavy atom. The molecule has 0 fully saturated rings. The summed E-state index contributed by atoms with van der Waals surface area (Å²) in [5, 5.41) is 0. The van der Waals surface area contributed by atoms with Gasteiger partial charge >= 0.3 is 0 Å². The average molecular weight is 490 g/mol. The van der Waals surface area contributed by atoms with Crippen molar-refractivity contribution in [3.63, 3.8) is 0 Å². The number of ether oxygens (including phenoxy) is 6. The van der Waals surface area contributed by atoms with E-state index in [0.29, 0.717) is 52.9 Å². The van der Waals surface area contributed by atoms with Crippen LogP contribution in [0.4, 0.5) is 0 Å². The third kappa shape index (κ3) is 37.9. The van der Waals surface area contributed by atoms with E-state index in [9.17, 15) is 8.42 Å². The summed E-state index contributed by atoms with van der Waals surface area (Å²) in [7, 11) is 3.22. The van der Waals surface area contributed by atoms with E-state index in [-0.39, 0.29) is 44.2 Å². The molecule has 13 heteroatoms. The minimum atomic E-state index is -1.76. The van der Waals surface area contributed by atoms with Crippen molar-refractivity contribution in [2.24, 2.45) is 0 Å². The van der Waals surface area contributed by atoms with Crippen LogP contribution < -0.4 is 0 Å². The van der Waals surface area contributed by atoms with Gasteiger partial charge in [-0.25, -0.2) is 8.42 Å². The molecule has 10 nitrogen and oxygen atoms in total. The molecule has 0 spiro atoms. The van der Waals surface area contributed by atoms with Gasteiger partial charge in [0.2, 0.25) is 0 Å². The standard InChI is InChI=1S/2C7H16O5S.Zn/c2*1-10-2-3-11-4-5-12-6-7-13(8)9;/h2*2-7H2,1H3,(H,8,9);. The maximum absolute atomic E-state index is 10.2. The fourth-order valence-electron chi connectivity index (χ4n) is 1.19. The smallest absolute Gasteiger partial charge is 0.155 e. The van der Waals surface area contributed by atoms with Crippen LogP contribution in [0.1, 0.15) is 0 Å². The number of methoxy groups -OCH3 is 2. The largest absolute Gasteiger partial charge is 0.382 e.